The van der Waals surface area contributed by atoms with Crippen LogP contribution in [0.2, 0.25) is 10.0 Å². The van der Waals surface area contributed by atoms with E-state index in [0.29, 0.717) is 47.7 Å². The third-order valence-electron chi connectivity index (χ3n) is 5.77. The molecular formula is C25H26Cl2N4O2. The first-order valence-electron chi connectivity index (χ1n) is 11.0. The number of aromatic nitrogens is 2. The third-order valence-corrected chi connectivity index (χ3v) is 6.31. The van der Waals surface area contributed by atoms with Gasteiger partial charge >= 0.3 is 0 Å². The van der Waals surface area contributed by atoms with Crippen LogP contribution in [0.25, 0.3) is 11.3 Å². The Morgan fingerprint density at radius 2 is 1.73 bits per heavy atom. The molecule has 0 bridgehead atoms. The molecule has 0 N–H and O–H groups in total. The Hall–Kier alpha value is -2.83. The largest absolute Gasteiger partial charge is 0.481 e. The van der Waals surface area contributed by atoms with Crippen LogP contribution in [0.5, 0.6) is 5.75 Å². The Kier molecular flexibility index (Phi) is 7.36. The van der Waals surface area contributed by atoms with Crippen LogP contribution >= 0.6 is 23.2 Å². The van der Waals surface area contributed by atoms with Crippen LogP contribution in [0.3, 0.4) is 0 Å². The number of benzene rings is 2. The lowest BCUT2D eigenvalue weighted by Crippen LogP contribution is -2.52. The smallest absolute Gasteiger partial charge is 0.263 e. The van der Waals surface area contributed by atoms with Gasteiger partial charge in [-0.25, -0.2) is 0 Å². The van der Waals surface area contributed by atoms with E-state index in [1.54, 1.807) is 19.1 Å². The average Bonchev–Trinajstić information content (AvgIpc) is 2.84. The van der Waals surface area contributed by atoms with E-state index >= 15 is 0 Å². The third kappa shape index (κ3) is 5.57. The quantitative estimate of drug-likeness (QED) is 0.485. The van der Waals surface area contributed by atoms with Crippen LogP contribution in [-0.4, -0.2) is 53.3 Å². The van der Waals surface area contributed by atoms with E-state index in [-0.39, 0.29) is 5.91 Å². The normalized spacial score (nSPS) is 14.8. The summed E-state index contributed by atoms with van der Waals surface area (Å²) in [4.78, 5) is 16.8. The fraction of sp³-hybridized carbons (Fsp3) is 0.320. The molecule has 4 rings (SSSR count). The molecule has 1 aliphatic heterocycles. The van der Waals surface area contributed by atoms with E-state index in [1.807, 2.05) is 47.4 Å². The molecule has 1 amide bonds. The molecule has 1 aromatic heterocycles. The van der Waals surface area contributed by atoms with Gasteiger partial charge in [0.1, 0.15) is 5.75 Å². The van der Waals surface area contributed by atoms with Crippen molar-refractivity contribution in [1.29, 1.82) is 0 Å². The summed E-state index contributed by atoms with van der Waals surface area (Å²) >= 11 is 12.3. The minimum Gasteiger partial charge on any atom is -0.481 e. The van der Waals surface area contributed by atoms with Gasteiger partial charge in [-0.15, -0.1) is 10.2 Å². The van der Waals surface area contributed by atoms with Crippen molar-refractivity contribution in [1.82, 2.24) is 15.1 Å². The second kappa shape index (κ2) is 10.4. The highest BCUT2D eigenvalue weighted by molar-refractivity contribution is 6.36. The van der Waals surface area contributed by atoms with Crippen LogP contribution in [0.1, 0.15) is 19.4 Å². The standard InChI is InChI=1S/C25H26Cl2N4O2/c1-3-18-4-7-20(8-5-18)33-17(2)25(32)31-14-12-30(13-15-31)24-11-10-23(28-29-24)21-9-6-19(26)16-22(21)27/h4-11,16-17H,3,12-15H2,1-2H3. The first kappa shape index (κ1) is 23.3. The monoisotopic (exact) mass is 484 g/mol. The SMILES string of the molecule is CCc1ccc(OC(C)C(=O)N2CCN(c3ccc(-c4ccc(Cl)cc4Cl)nn3)CC2)cc1. The first-order valence-corrected chi connectivity index (χ1v) is 11.8. The molecule has 1 saturated heterocycles. The zero-order valence-electron chi connectivity index (χ0n) is 18.7. The molecule has 1 aliphatic rings. The molecule has 2 heterocycles. The first-order chi connectivity index (χ1) is 15.9. The second-order valence-electron chi connectivity index (χ2n) is 7.97. The van der Waals surface area contributed by atoms with Crippen LogP contribution in [-0.2, 0) is 11.2 Å². The van der Waals surface area contributed by atoms with Gasteiger partial charge in [0.15, 0.2) is 11.9 Å². The second-order valence-corrected chi connectivity index (χ2v) is 8.81. The molecular weight excluding hydrogens is 459 g/mol. The van der Waals surface area contributed by atoms with Crippen molar-refractivity contribution in [2.75, 3.05) is 31.1 Å². The molecule has 1 fully saturated rings. The maximum atomic E-state index is 12.9. The lowest BCUT2D eigenvalue weighted by molar-refractivity contribution is -0.138. The molecule has 8 heteroatoms. The van der Waals surface area contributed by atoms with Crippen molar-refractivity contribution < 1.29 is 9.53 Å². The van der Waals surface area contributed by atoms with E-state index in [1.165, 1.54) is 5.56 Å². The Balaban J connectivity index is 1.32. The van der Waals surface area contributed by atoms with E-state index in [9.17, 15) is 4.79 Å². The molecule has 1 unspecified atom stereocenters. The van der Waals surface area contributed by atoms with Crippen molar-refractivity contribution in [2.45, 2.75) is 26.4 Å². The highest BCUT2D eigenvalue weighted by Gasteiger charge is 2.26. The molecule has 0 aliphatic carbocycles. The fourth-order valence-corrected chi connectivity index (χ4v) is 4.31. The molecule has 172 valence electrons. The van der Waals surface area contributed by atoms with Crippen molar-refractivity contribution in [3.05, 3.63) is 70.2 Å². The Labute approximate surface area is 204 Å². The summed E-state index contributed by atoms with van der Waals surface area (Å²) in [5.41, 5.74) is 2.71. The van der Waals surface area contributed by atoms with Gasteiger partial charge < -0.3 is 14.5 Å². The summed E-state index contributed by atoms with van der Waals surface area (Å²) in [7, 11) is 0. The van der Waals surface area contributed by atoms with Crippen LogP contribution in [0.15, 0.2) is 54.6 Å². The number of ether oxygens (including phenoxy) is 1. The van der Waals surface area contributed by atoms with Crippen molar-refractivity contribution in [2.24, 2.45) is 0 Å². The number of carbonyl (C=O) groups excluding carboxylic acids is 1. The molecule has 0 saturated carbocycles. The lowest BCUT2D eigenvalue weighted by atomic mass is 10.1. The minimum absolute atomic E-state index is 0.00645. The Morgan fingerprint density at radius 3 is 2.33 bits per heavy atom. The van der Waals surface area contributed by atoms with Crippen LogP contribution in [0, 0.1) is 0 Å². The molecule has 0 spiro atoms. The maximum absolute atomic E-state index is 12.9. The van der Waals surface area contributed by atoms with E-state index in [2.05, 4.69) is 22.0 Å². The lowest BCUT2D eigenvalue weighted by Gasteiger charge is -2.36. The predicted molar refractivity (Wildman–Crippen MR) is 132 cm³/mol. The molecule has 0 radical (unpaired) electrons. The van der Waals surface area contributed by atoms with E-state index < -0.39 is 6.10 Å². The topological polar surface area (TPSA) is 58.6 Å². The summed E-state index contributed by atoms with van der Waals surface area (Å²) in [6.07, 6.45) is 0.438. The molecule has 33 heavy (non-hydrogen) atoms. The number of aryl methyl sites for hydroxylation is 1. The highest BCUT2D eigenvalue weighted by atomic mass is 35.5. The van der Waals surface area contributed by atoms with Gasteiger partial charge in [-0.1, -0.05) is 42.3 Å². The van der Waals surface area contributed by atoms with E-state index in [4.69, 9.17) is 27.9 Å². The van der Waals surface area contributed by atoms with Gasteiger partial charge in [-0.3, -0.25) is 4.79 Å². The number of piperazine rings is 1. The van der Waals surface area contributed by atoms with Gasteiger partial charge in [0.2, 0.25) is 0 Å². The van der Waals surface area contributed by atoms with Gasteiger partial charge in [-0.05, 0) is 61.4 Å². The van der Waals surface area contributed by atoms with Gasteiger partial charge in [-0.2, -0.15) is 0 Å². The number of hydrogen-bond donors (Lipinski definition) is 0. The number of amides is 1. The van der Waals surface area contributed by atoms with Crippen LogP contribution in [0.4, 0.5) is 5.82 Å². The average molecular weight is 485 g/mol. The highest BCUT2D eigenvalue weighted by Crippen LogP contribution is 2.29. The zero-order valence-corrected chi connectivity index (χ0v) is 20.2. The number of halogens is 2. The Morgan fingerprint density at radius 1 is 1.00 bits per heavy atom. The van der Waals surface area contributed by atoms with E-state index in [0.717, 1.165) is 17.8 Å². The predicted octanol–water partition coefficient (Wildman–Crippen LogP) is 5.13. The Bertz CT molecular complexity index is 1100. The van der Waals surface area contributed by atoms with Gasteiger partial charge in [0.25, 0.3) is 5.91 Å². The number of hydrogen-bond acceptors (Lipinski definition) is 5. The van der Waals surface area contributed by atoms with Crippen molar-refractivity contribution in [3.8, 4) is 17.0 Å². The molecule has 6 nitrogen and oxygen atoms in total. The molecule has 2 aromatic carbocycles. The summed E-state index contributed by atoms with van der Waals surface area (Å²) in [5.74, 6) is 1.48. The fourth-order valence-electron chi connectivity index (χ4n) is 3.81. The number of carbonyl (C=O) groups is 1. The molecule has 1 atom stereocenters. The maximum Gasteiger partial charge on any atom is 0.263 e. The minimum atomic E-state index is -0.535. The summed E-state index contributed by atoms with van der Waals surface area (Å²) < 4.78 is 5.87. The number of anilines is 1. The number of nitrogens with zero attached hydrogens (tertiary/aromatic N) is 4. The number of rotatable bonds is 6. The molecule has 3 aromatic rings. The summed E-state index contributed by atoms with van der Waals surface area (Å²) in [6.45, 7) is 6.48. The van der Waals surface area contributed by atoms with Gasteiger partial charge in [0, 0.05) is 36.8 Å². The summed E-state index contributed by atoms with van der Waals surface area (Å²) in [5, 5.41) is 9.82. The van der Waals surface area contributed by atoms with Crippen molar-refractivity contribution in [3.63, 3.8) is 0 Å². The van der Waals surface area contributed by atoms with Crippen molar-refractivity contribution >= 4 is 34.9 Å². The summed E-state index contributed by atoms with van der Waals surface area (Å²) in [6, 6.07) is 17.0. The van der Waals surface area contributed by atoms with Crippen LogP contribution < -0.4 is 9.64 Å². The van der Waals surface area contributed by atoms with Gasteiger partial charge in [0.05, 0.1) is 10.7 Å². The zero-order chi connectivity index (χ0) is 23.4.